The summed E-state index contributed by atoms with van der Waals surface area (Å²) in [7, 11) is 1.24. The zero-order valence-corrected chi connectivity index (χ0v) is 16.9. The highest BCUT2D eigenvalue weighted by molar-refractivity contribution is 6.38. The van der Waals surface area contributed by atoms with Crippen molar-refractivity contribution in [2.24, 2.45) is 0 Å². The molecule has 0 bridgehead atoms. The van der Waals surface area contributed by atoms with Crippen molar-refractivity contribution < 1.29 is 14.3 Å². The molecule has 0 fully saturated rings. The number of amides is 1. The first kappa shape index (κ1) is 19.9. The number of esters is 1. The molecule has 144 valence electrons. The number of hydrogen-bond acceptors (Lipinski definition) is 4. The van der Waals surface area contributed by atoms with E-state index in [1.165, 1.54) is 19.2 Å². The van der Waals surface area contributed by atoms with Crippen LogP contribution in [0, 0.1) is 13.8 Å². The Balaban J connectivity index is 1.88. The topological polar surface area (TPSA) is 73.2 Å². The maximum atomic E-state index is 12.7. The normalized spacial score (nSPS) is 10.6. The third-order valence-electron chi connectivity index (χ3n) is 4.08. The fourth-order valence-electron chi connectivity index (χ4n) is 2.80. The molecule has 1 amide bonds. The Morgan fingerprint density at radius 2 is 1.75 bits per heavy atom. The molecule has 0 saturated carbocycles. The number of benzene rings is 2. The van der Waals surface area contributed by atoms with Crippen molar-refractivity contribution in [3.8, 4) is 5.69 Å². The lowest BCUT2D eigenvalue weighted by Gasteiger charge is -2.13. The van der Waals surface area contributed by atoms with Crippen molar-refractivity contribution in [1.29, 1.82) is 0 Å². The lowest BCUT2D eigenvalue weighted by atomic mass is 10.1. The Labute approximate surface area is 172 Å². The minimum absolute atomic E-state index is 0.0765. The van der Waals surface area contributed by atoms with Crippen molar-refractivity contribution in [2.45, 2.75) is 13.8 Å². The van der Waals surface area contributed by atoms with Crippen LogP contribution in [0.3, 0.4) is 0 Å². The number of rotatable bonds is 4. The van der Waals surface area contributed by atoms with Gasteiger partial charge >= 0.3 is 5.97 Å². The maximum Gasteiger partial charge on any atom is 0.340 e. The second kappa shape index (κ2) is 8.04. The fourth-order valence-corrected chi connectivity index (χ4v) is 3.34. The Hall–Kier alpha value is -2.83. The van der Waals surface area contributed by atoms with Gasteiger partial charge < -0.3 is 10.1 Å². The van der Waals surface area contributed by atoms with Gasteiger partial charge in [0.2, 0.25) is 0 Å². The van der Waals surface area contributed by atoms with E-state index in [1.54, 1.807) is 28.9 Å². The molecule has 2 aromatic carbocycles. The highest BCUT2D eigenvalue weighted by atomic mass is 35.5. The molecule has 6 nitrogen and oxygen atoms in total. The molecule has 0 unspecified atom stereocenters. The summed E-state index contributed by atoms with van der Waals surface area (Å²) in [5.41, 5.74) is 3.35. The first-order valence-electron chi connectivity index (χ1n) is 8.32. The SMILES string of the molecule is COC(=O)c1cc(Cl)cc(Cl)c1NC(=O)c1ccc(-n2nc(C)cc2C)cc1. The van der Waals surface area contributed by atoms with E-state index in [4.69, 9.17) is 27.9 Å². The van der Waals surface area contributed by atoms with Gasteiger partial charge in [0.05, 0.1) is 34.8 Å². The van der Waals surface area contributed by atoms with Crippen LogP contribution in [0.25, 0.3) is 5.69 Å². The first-order chi connectivity index (χ1) is 13.3. The van der Waals surface area contributed by atoms with E-state index < -0.39 is 11.9 Å². The second-order valence-electron chi connectivity index (χ2n) is 6.14. The van der Waals surface area contributed by atoms with Crippen LogP contribution in [0.4, 0.5) is 5.69 Å². The summed E-state index contributed by atoms with van der Waals surface area (Å²) in [5.74, 6) is -1.08. The van der Waals surface area contributed by atoms with Crippen LogP contribution in [0.2, 0.25) is 10.0 Å². The summed E-state index contributed by atoms with van der Waals surface area (Å²) < 4.78 is 6.53. The number of methoxy groups -OCH3 is 1. The van der Waals surface area contributed by atoms with Crippen molar-refractivity contribution in [3.05, 3.63) is 75.0 Å². The van der Waals surface area contributed by atoms with Gasteiger partial charge in [0.25, 0.3) is 5.91 Å². The summed E-state index contributed by atoms with van der Waals surface area (Å²) >= 11 is 12.1. The zero-order chi connectivity index (χ0) is 20.4. The molecule has 3 aromatic rings. The van der Waals surface area contributed by atoms with Crippen LogP contribution >= 0.6 is 23.2 Å². The minimum atomic E-state index is -0.653. The molecule has 0 aliphatic heterocycles. The predicted molar refractivity (Wildman–Crippen MR) is 109 cm³/mol. The highest BCUT2D eigenvalue weighted by Crippen LogP contribution is 2.31. The van der Waals surface area contributed by atoms with Crippen LogP contribution in [-0.4, -0.2) is 28.8 Å². The summed E-state index contributed by atoms with van der Waals surface area (Å²) in [4.78, 5) is 24.6. The van der Waals surface area contributed by atoms with E-state index in [-0.39, 0.29) is 21.3 Å². The smallest absolute Gasteiger partial charge is 0.340 e. The molecule has 28 heavy (non-hydrogen) atoms. The molecule has 0 aliphatic rings. The van der Waals surface area contributed by atoms with Crippen LogP contribution in [0.1, 0.15) is 32.1 Å². The molecule has 1 aromatic heterocycles. The van der Waals surface area contributed by atoms with Gasteiger partial charge in [0.15, 0.2) is 0 Å². The van der Waals surface area contributed by atoms with Crippen molar-refractivity contribution >= 4 is 40.8 Å². The number of anilines is 1. The Bertz CT molecular complexity index is 1060. The summed E-state index contributed by atoms with van der Waals surface area (Å²) in [6.45, 7) is 3.87. The van der Waals surface area contributed by atoms with Crippen LogP contribution in [-0.2, 0) is 4.74 Å². The van der Waals surface area contributed by atoms with Gasteiger partial charge in [-0.1, -0.05) is 23.2 Å². The number of halogens is 2. The number of aromatic nitrogens is 2. The Morgan fingerprint density at radius 3 is 2.32 bits per heavy atom. The average Bonchev–Trinajstić information content (AvgIpc) is 3.01. The minimum Gasteiger partial charge on any atom is -0.465 e. The summed E-state index contributed by atoms with van der Waals surface area (Å²) in [6, 6.07) is 11.7. The zero-order valence-electron chi connectivity index (χ0n) is 15.4. The number of aryl methyl sites for hydroxylation is 2. The van der Waals surface area contributed by atoms with Gasteiger partial charge in [-0.2, -0.15) is 5.10 Å². The molecular formula is C20H17Cl2N3O3. The van der Waals surface area contributed by atoms with Crippen molar-refractivity contribution in [1.82, 2.24) is 9.78 Å². The van der Waals surface area contributed by atoms with Crippen LogP contribution < -0.4 is 5.32 Å². The quantitative estimate of drug-likeness (QED) is 0.616. The monoisotopic (exact) mass is 417 g/mol. The Kier molecular flexibility index (Phi) is 5.72. The fraction of sp³-hybridized carbons (Fsp3) is 0.150. The van der Waals surface area contributed by atoms with Gasteiger partial charge in [-0.25, -0.2) is 9.48 Å². The molecule has 0 saturated heterocycles. The van der Waals surface area contributed by atoms with Gasteiger partial charge in [-0.05, 0) is 56.3 Å². The summed E-state index contributed by atoms with van der Waals surface area (Å²) in [6.07, 6.45) is 0. The molecule has 0 aliphatic carbocycles. The van der Waals surface area contributed by atoms with E-state index in [9.17, 15) is 9.59 Å². The van der Waals surface area contributed by atoms with Crippen LogP contribution in [0.15, 0.2) is 42.5 Å². The van der Waals surface area contributed by atoms with Crippen molar-refractivity contribution in [2.75, 3.05) is 12.4 Å². The predicted octanol–water partition coefficient (Wildman–Crippen LogP) is 4.83. The third kappa shape index (κ3) is 4.03. The number of nitrogens with one attached hydrogen (secondary N) is 1. The van der Waals surface area contributed by atoms with E-state index >= 15 is 0 Å². The molecule has 1 heterocycles. The molecule has 3 rings (SSSR count). The summed E-state index contributed by atoms with van der Waals surface area (Å²) in [5, 5.41) is 7.48. The lowest BCUT2D eigenvalue weighted by Crippen LogP contribution is -2.16. The number of carbonyl (C=O) groups excluding carboxylic acids is 2. The van der Waals surface area contributed by atoms with E-state index in [2.05, 4.69) is 10.4 Å². The molecule has 0 radical (unpaired) electrons. The molecule has 8 heteroatoms. The largest absolute Gasteiger partial charge is 0.465 e. The van der Waals surface area contributed by atoms with Gasteiger partial charge in [0, 0.05) is 16.3 Å². The molecule has 1 N–H and O–H groups in total. The standard InChI is InChI=1S/C20H17Cl2N3O3/c1-11-8-12(2)25(24-11)15-6-4-13(5-7-15)19(26)23-18-16(20(27)28-3)9-14(21)10-17(18)22/h4-10H,1-3H3,(H,23,26). The average molecular weight is 418 g/mol. The third-order valence-corrected chi connectivity index (χ3v) is 4.60. The van der Waals surface area contributed by atoms with E-state index in [1.807, 2.05) is 19.9 Å². The van der Waals surface area contributed by atoms with Gasteiger partial charge in [0.1, 0.15) is 0 Å². The first-order valence-corrected chi connectivity index (χ1v) is 9.08. The van der Waals surface area contributed by atoms with Crippen molar-refractivity contribution in [3.63, 3.8) is 0 Å². The maximum absolute atomic E-state index is 12.7. The van der Waals surface area contributed by atoms with Crippen LogP contribution in [0.5, 0.6) is 0 Å². The highest BCUT2D eigenvalue weighted by Gasteiger charge is 2.19. The van der Waals surface area contributed by atoms with Gasteiger partial charge in [-0.3, -0.25) is 4.79 Å². The number of hydrogen-bond donors (Lipinski definition) is 1. The van der Waals surface area contributed by atoms with E-state index in [0.29, 0.717) is 5.56 Å². The number of carbonyl (C=O) groups is 2. The lowest BCUT2D eigenvalue weighted by molar-refractivity contribution is 0.0602. The number of ether oxygens (including phenoxy) is 1. The molecule has 0 spiro atoms. The van der Waals surface area contributed by atoms with E-state index in [0.717, 1.165) is 17.1 Å². The van der Waals surface area contributed by atoms with Gasteiger partial charge in [-0.15, -0.1) is 0 Å². The Morgan fingerprint density at radius 1 is 1.07 bits per heavy atom. The second-order valence-corrected chi connectivity index (χ2v) is 6.99. The molecular weight excluding hydrogens is 401 g/mol. The molecule has 0 atom stereocenters. The number of nitrogens with zero attached hydrogens (tertiary/aromatic N) is 2.